The molecule has 1 rings (SSSR count). The average Bonchev–Trinajstić information content (AvgIpc) is 2.35. The lowest BCUT2D eigenvalue weighted by Crippen LogP contribution is -2.31. The zero-order chi connectivity index (χ0) is 12.7. The molecule has 17 heavy (non-hydrogen) atoms. The number of nitrogens with one attached hydrogen (secondary N) is 1. The van der Waals surface area contributed by atoms with Crippen LogP contribution in [-0.4, -0.2) is 17.6 Å². The quantitative estimate of drug-likeness (QED) is 0.779. The van der Waals surface area contributed by atoms with E-state index < -0.39 is 0 Å². The molecule has 1 aromatic rings. The van der Waals surface area contributed by atoms with Crippen molar-refractivity contribution in [1.82, 2.24) is 10.3 Å². The lowest BCUT2D eigenvalue weighted by Gasteiger charge is -2.27. The molecule has 0 bridgehead atoms. The third-order valence-electron chi connectivity index (χ3n) is 3.50. The van der Waals surface area contributed by atoms with Gasteiger partial charge in [0.05, 0.1) is 0 Å². The minimum atomic E-state index is 0.550. The molecule has 1 unspecified atom stereocenters. The van der Waals surface area contributed by atoms with Crippen molar-refractivity contribution in [2.45, 2.75) is 52.5 Å². The molecule has 96 valence electrons. The van der Waals surface area contributed by atoms with Crippen LogP contribution in [0.2, 0.25) is 0 Å². The zero-order valence-corrected chi connectivity index (χ0v) is 11.6. The lowest BCUT2D eigenvalue weighted by atomic mass is 9.83. The van der Waals surface area contributed by atoms with Crippen LogP contribution in [0.5, 0.6) is 0 Å². The standard InChI is InChI=1S/C15H26N2/c1-5-13(6-2)15(11-17-12(3)4)14-7-9-16-10-8-14/h7-10,12-13,15,17H,5-6,11H2,1-4H3. The molecule has 1 heterocycles. The molecule has 1 aromatic heterocycles. The Bertz CT molecular complexity index is 291. The second-order valence-electron chi connectivity index (χ2n) is 5.03. The van der Waals surface area contributed by atoms with E-state index in [4.69, 9.17) is 0 Å². The number of aromatic nitrogens is 1. The van der Waals surface area contributed by atoms with Crippen LogP contribution >= 0.6 is 0 Å². The first-order chi connectivity index (χ1) is 8.19. The molecule has 0 saturated heterocycles. The highest BCUT2D eigenvalue weighted by atomic mass is 14.9. The van der Waals surface area contributed by atoms with E-state index in [0.717, 1.165) is 12.5 Å². The molecule has 0 spiro atoms. The summed E-state index contributed by atoms with van der Waals surface area (Å²) in [5.41, 5.74) is 1.42. The fourth-order valence-electron chi connectivity index (χ4n) is 2.39. The summed E-state index contributed by atoms with van der Waals surface area (Å²) in [6.07, 6.45) is 6.28. The highest BCUT2D eigenvalue weighted by Gasteiger charge is 2.20. The van der Waals surface area contributed by atoms with Crippen LogP contribution in [0.3, 0.4) is 0 Å². The molecule has 0 amide bonds. The Labute approximate surface area is 106 Å². The van der Waals surface area contributed by atoms with Gasteiger partial charge in [0.15, 0.2) is 0 Å². The summed E-state index contributed by atoms with van der Waals surface area (Å²) in [5.74, 6) is 1.36. The highest BCUT2D eigenvalue weighted by molar-refractivity contribution is 5.17. The Morgan fingerprint density at radius 3 is 2.18 bits per heavy atom. The lowest BCUT2D eigenvalue weighted by molar-refractivity contribution is 0.370. The van der Waals surface area contributed by atoms with Crippen molar-refractivity contribution in [3.8, 4) is 0 Å². The Kier molecular flexibility index (Phi) is 6.20. The molecule has 1 N–H and O–H groups in total. The van der Waals surface area contributed by atoms with Gasteiger partial charge in [-0.25, -0.2) is 0 Å². The molecule has 0 aliphatic rings. The van der Waals surface area contributed by atoms with Gasteiger partial charge in [-0.1, -0.05) is 40.5 Å². The predicted octanol–water partition coefficient (Wildman–Crippen LogP) is 3.60. The maximum absolute atomic E-state index is 4.11. The predicted molar refractivity (Wildman–Crippen MR) is 74.2 cm³/mol. The van der Waals surface area contributed by atoms with E-state index in [1.807, 2.05) is 12.4 Å². The molecule has 2 nitrogen and oxygen atoms in total. The van der Waals surface area contributed by atoms with Crippen molar-refractivity contribution in [1.29, 1.82) is 0 Å². The van der Waals surface area contributed by atoms with Gasteiger partial charge >= 0.3 is 0 Å². The van der Waals surface area contributed by atoms with Gasteiger partial charge in [0, 0.05) is 25.0 Å². The van der Waals surface area contributed by atoms with Crippen molar-refractivity contribution >= 4 is 0 Å². The number of hydrogen-bond acceptors (Lipinski definition) is 2. The first-order valence-electron chi connectivity index (χ1n) is 6.82. The zero-order valence-electron chi connectivity index (χ0n) is 11.6. The maximum Gasteiger partial charge on any atom is 0.0270 e. The Morgan fingerprint density at radius 1 is 1.12 bits per heavy atom. The fourth-order valence-corrected chi connectivity index (χ4v) is 2.39. The maximum atomic E-state index is 4.11. The second-order valence-corrected chi connectivity index (χ2v) is 5.03. The third-order valence-corrected chi connectivity index (χ3v) is 3.50. The summed E-state index contributed by atoms with van der Waals surface area (Å²) in [4.78, 5) is 4.11. The number of nitrogens with zero attached hydrogens (tertiary/aromatic N) is 1. The topological polar surface area (TPSA) is 24.9 Å². The smallest absolute Gasteiger partial charge is 0.0270 e. The van der Waals surface area contributed by atoms with Crippen LogP contribution in [0, 0.1) is 5.92 Å². The van der Waals surface area contributed by atoms with Gasteiger partial charge in [0.1, 0.15) is 0 Å². The Morgan fingerprint density at radius 2 is 1.71 bits per heavy atom. The van der Waals surface area contributed by atoms with E-state index in [1.54, 1.807) is 0 Å². The van der Waals surface area contributed by atoms with Crippen molar-refractivity contribution in [2.24, 2.45) is 5.92 Å². The van der Waals surface area contributed by atoms with Crippen LogP contribution < -0.4 is 5.32 Å². The van der Waals surface area contributed by atoms with Gasteiger partial charge < -0.3 is 5.32 Å². The molecule has 0 aliphatic carbocycles. The highest BCUT2D eigenvalue weighted by Crippen LogP contribution is 2.28. The van der Waals surface area contributed by atoms with E-state index in [9.17, 15) is 0 Å². The number of pyridine rings is 1. The van der Waals surface area contributed by atoms with Gasteiger partial charge in [0.25, 0.3) is 0 Å². The van der Waals surface area contributed by atoms with Gasteiger partial charge in [-0.3, -0.25) is 4.98 Å². The van der Waals surface area contributed by atoms with Gasteiger partial charge in [0.2, 0.25) is 0 Å². The van der Waals surface area contributed by atoms with Crippen molar-refractivity contribution < 1.29 is 0 Å². The molecule has 0 saturated carbocycles. The summed E-state index contributed by atoms with van der Waals surface area (Å²) in [6.45, 7) is 10.1. The third kappa shape index (κ3) is 4.47. The number of rotatable bonds is 7. The molecular weight excluding hydrogens is 208 g/mol. The minimum Gasteiger partial charge on any atom is -0.314 e. The molecular formula is C15H26N2. The Balaban J connectivity index is 2.78. The minimum absolute atomic E-state index is 0.550. The number of hydrogen-bond donors (Lipinski definition) is 1. The van der Waals surface area contributed by atoms with Gasteiger partial charge in [-0.05, 0) is 29.5 Å². The molecule has 2 heteroatoms. The first-order valence-corrected chi connectivity index (χ1v) is 6.82. The largest absolute Gasteiger partial charge is 0.314 e. The van der Waals surface area contributed by atoms with Crippen molar-refractivity contribution in [3.63, 3.8) is 0 Å². The second kappa shape index (κ2) is 7.44. The molecule has 0 radical (unpaired) electrons. The van der Waals surface area contributed by atoms with Crippen LogP contribution in [0.4, 0.5) is 0 Å². The van der Waals surface area contributed by atoms with Crippen molar-refractivity contribution in [3.05, 3.63) is 30.1 Å². The van der Waals surface area contributed by atoms with Crippen LogP contribution in [0.25, 0.3) is 0 Å². The van der Waals surface area contributed by atoms with Gasteiger partial charge in [-0.15, -0.1) is 0 Å². The fraction of sp³-hybridized carbons (Fsp3) is 0.667. The SMILES string of the molecule is CCC(CC)C(CNC(C)C)c1ccncc1. The van der Waals surface area contributed by atoms with E-state index in [-0.39, 0.29) is 0 Å². The summed E-state index contributed by atoms with van der Waals surface area (Å²) < 4.78 is 0. The van der Waals surface area contributed by atoms with Crippen LogP contribution in [-0.2, 0) is 0 Å². The molecule has 0 aromatic carbocycles. The monoisotopic (exact) mass is 234 g/mol. The summed E-state index contributed by atoms with van der Waals surface area (Å²) in [6, 6.07) is 4.87. The summed E-state index contributed by atoms with van der Waals surface area (Å²) in [5, 5.41) is 3.57. The van der Waals surface area contributed by atoms with E-state index in [1.165, 1.54) is 18.4 Å². The van der Waals surface area contributed by atoms with E-state index in [0.29, 0.717) is 12.0 Å². The molecule has 0 aliphatic heterocycles. The molecule has 0 fully saturated rings. The first kappa shape index (κ1) is 14.2. The van der Waals surface area contributed by atoms with Crippen LogP contribution in [0.1, 0.15) is 52.0 Å². The molecule has 1 atom stereocenters. The Hall–Kier alpha value is -0.890. The average molecular weight is 234 g/mol. The van der Waals surface area contributed by atoms with E-state index >= 15 is 0 Å². The van der Waals surface area contributed by atoms with Crippen molar-refractivity contribution in [2.75, 3.05) is 6.54 Å². The summed E-state index contributed by atoms with van der Waals surface area (Å²) >= 11 is 0. The van der Waals surface area contributed by atoms with Crippen LogP contribution in [0.15, 0.2) is 24.5 Å². The van der Waals surface area contributed by atoms with E-state index in [2.05, 4.69) is 50.1 Å². The normalized spacial score (nSPS) is 13.3. The summed E-state index contributed by atoms with van der Waals surface area (Å²) in [7, 11) is 0. The van der Waals surface area contributed by atoms with Gasteiger partial charge in [-0.2, -0.15) is 0 Å².